The van der Waals surface area contributed by atoms with E-state index < -0.39 is 5.82 Å². The quantitative estimate of drug-likeness (QED) is 0.422. The first-order chi connectivity index (χ1) is 12.1. The van der Waals surface area contributed by atoms with Gasteiger partial charge < -0.3 is 10.5 Å². The zero-order valence-electron chi connectivity index (χ0n) is 13.5. The third-order valence-electron chi connectivity index (χ3n) is 3.66. The Labute approximate surface area is 143 Å². The van der Waals surface area contributed by atoms with Crippen LogP contribution in [0.4, 0.5) is 10.1 Å². The number of nitrogens with two attached hydrogens (primary N) is 1. The lowest BCUT2D eigenvalue weighted by atomic mass is 10.1. The third-order valence-corrected chi connectivity index (χ3v) is 3.66. The molecule has 3 rings (SSSR count). The number of aromatic amines is 1. The lowest BCUT2D eigenvalue weighted by Crippen LogP contribution is -1.94. The Morgan fingerprint density at radius 1 is 1.20 bits per heavy atom. The Kier molecular flexibility index (Phi) is 4.61. The molecule has 0 atom stereocenters. The first-order valence-corrected chi connectivity index (χ1v) is 7.54. The smallest absolute Gasteiger partial charge is 0.185 e. The number of benzene rings is 2. The molecule has 25 heavy (non-hydrogen) atoms. The Morgan fingerprint density at radius 3 is 2.64 bits per heavy atom. The van der Waals surface area contributed by atoms with Crippen molar-refractivity contribution in [1.29, 1.82) is 0 Å². The number of anilines is 1. The van der Waals surface area contributed by atoms with Crippen molar-refractivity contribution in [2.24, 2.45) is 0 Å². The third kappa shape index (κ3) is 3.74. The minimum absolute atomic E-state index is 0.160. The summed E-state index contributed by atoms with van der Waals surface area (Å²) in [7, 11) is 1.48. The fourth-order valence-electron chi connectivity index (χ4n) is 2.30. The highest BCUT2D eigenvalue weighted by Gasteiger charge is 2.10. The number of rotatable bonds is 5. The van der Waals surface area contributed by atoms with Crippen molar-refractivity contribution in [3.05, 3.63) is 71.7 Å². The van der Waals surface area contributed by atoms with Gasteiger partial charge in [0, 0.05) is 22.9 Å². The zero-order chi connectivity index (χ0) is 17.8. The van der Waals surface area contributed by atoms with Crippen LogP contribution in [0.1, 0.15) is 16.1 Å². The summed E-state index contributed by atoms with van der Waals surface area (Å²) < 4.78 is 19.1. The molecule has 3 aromatic rings. The van der Waals surface area contributed by atoms with E-state index in [2.05, 4.69) is 10.2 Å². The maximum Gasteiger partial charge on any atom is 0.185 e. The van der Waals surface area contributed by atoms with E-state index in [1.165, 1.54) is 19.3 Å². The van der Waals surface area contributed by atoms with Gasteiger partial charge in [-0.1, -0.05) is 0 Å². The molecule has 0 bridgehead atoms. The van der Waals surface area contributed by atoms with E-state index in [1.807, 2.05) is 0 Å². The SMILES string of the molecule is COc1ccc(-c2cc(/C=C/C(=O)c3ccc(N)cc3)[nH]n2)c(F)c1. The van der Waals surface area contributed by atoms with Crippen LogP contribution in [0.5, 0.6) is 5.75 Å². The van der Waals surface area contributed by atoms with Crippen molar-refractivity contribution in [2.75, 3.05) is 12.8 Å². The minimum Gasteiger partial charge on any atom is -0.497 e. The maximum atomic E-state index is 14.1. The number of hydrogen-bond donors (Lipinski definition) is 2. The second kappa shape index (κ2) is 7.00. The molecule has 5 nitrogen and oxygen atoms in total. The van der Waals surface area contributed by atoms with Crippen LogP contribution in [0.3, 0.4) is 0 Å². The number of aromatic nitrogens is 2. The number of H-pyrrole nitrogens is 1. The highest BCUT2D eigenvalue weighted by atomic mass is 19.1. The van der Waals surface area contributed by atoms with Crippen molar-refractivity contribution < 1.29 is 13.9 Å². The van der Waals surface area contributed by atoms with E-state index in [0.29, 0.717) is 34.0 Å². The molecule has 2 aromatic carbocycles. The topological polar surface area (TPSA) is 81.0 Å². The van der Waals surface area contributed by atoms with Crippen molar-refractivity contribution >= 4 is 17.5 Å². The summed E-state index contributed by atoms with van der Waals surface area (Å²) >= 11 is 0. The van der Waals surface area contributed by atoms with Gasteiger partial charge in [0.2, 0.25) is 0 Å². The van der Waals surface area contributed by atoms with E-state index in [4.69, 9.17) is 10.5 Å². The minimum atomic E-state index is -0.431. The Balaban J connectivity index is 1.77. The molecular weight excluding hydrogens is 321 g/mol. The van der Waals surface area contributed by atoms with Crippen molar-refractivity contribution in [3.8, 4) is 17.0 Å². The Morgan fingerprint density at radius 2 is 1.96 bits per heavy atom. The molecule has 0 fully saturated rings. The van der Waals surface area contributed by atoms with Gasteiger partial charge >= 0.3 is 0 Å². The van der Waals surface area contributed by atoms with E-state index in [9.17, 15) is 9.18 Å². The van der Waals surface area contributed by atoms with E-state index >= 15 is 0 Å². The number of nitrogens with one attached hydrogen (secondary N) is 1. The van der Waals surface area contributed by atoms with Crippen LogP contribution in [0.2, 0.25) is 0 Å². The lowest BCUT2D eigenvalue weighted by Gasteiger charge is -2.02. The molecule has 0 amide bonds. The number of nitrogens with zero attached hydrogens (tertiary/aromatic N) is 1. The Hall–Kier alpha value is -3.41. The molecule has 6 heteroatoms. The normalized spacial score (nSPS) is 11.0. The van der Waals surface area contributed by atoms with Crippen LogP contribution in [0.25, 0.3) is 17.3 Å². The highest BCUT2D eigenvalue weighted by Crippen LogP contribution is 2.25. The summed E-state index contributed by atoms with van der Waals surface area (Å²) in [4.78, 5) is 12.1. The van der Waals surface area contributed by atoms with E-state index in [0.717, 1.165) is 0 Å². The van der Waals surface area contributed by atoms with Gasteiger partial charge in [-0.3, -0.25) is 9.89 Å². The molecule has 0 unspecified atom stereocenters. The van der Waals surface area contributed by atoms with Crippen LogP contribution >= 0.6 is 0 Å². The first-order valence-electron chi connectivity index (χ1n) is 7.54. The van der Waals surface area contributed by atoms with Gasteiger partial charge in [-0.15, -0.1) is 0 Å². The molecule has 0 aliphatic heterocycles. The standard InChI is InChI=1S/C19H16FN3O2/c1-25-15-7-8-16(17(20)11-15)18-10-14(22-23-18)6-9-19(24)12-2-4-13(21)5-3-12/h2-11H,21H2,1H3,(H,22,23)/b9-6+. The molecule has 0 saturated heterocycles. The molecule has 126 valence electrons. The summed E-state index contributed by atoms with van der Waals surface area (Å²) in [6.07, 6.45) is 3.02. The van der Waals surface area contributed by atoms with Crippen LogP contribution in [-0.4, -0.2) is 23.1 Å². The summed E-state index contributed by atoms with van der Waals surface area (Å²) in [5.41, 5.74) is 8.11. The predicted octanol–water partition coefficient (Wildman–Crippen LogP) is 3.70. The number of allylic oxidation sites excluding steroid dienone is 1. The molecular formula is C19H16FN3O2. The van der Waals surface area contributed by atoms with Gasteiger partial charge in [0.1, 0.15) is 11.6 Å². The second-order valence-corrected chi connectivity index (χ2v) is 5.37. The number of nitrogen functional groups attached to an aromatic ring is 1. The van der Waals surface area contributed by atoms with Crippen LogP contribution in [-0.2, 0) is 0 Å². The molecule has 0 spiro atoms. The first kappa shape index (κ1) is 16.4. The molecule has 0 radical (unpaired) electrons. The zero-order valence-corrected chi connectivity index (χ0v) is 13.5. The fraction of sp³-hybridized carbons (Fsp3) is 0.0526. The summed E-state index contributed by atoms with van der Waals surface area (Å²) in [6.45, 7) is 0. The number of carbonyl (C=O) groups is 1. The molecule has 3 N–H and O–H groups in total. The fourth-order valence-corrected chi connectivity index (χ4v) is 2.30. The van der Waals surface area contributed by atoms with Crippen LogP contribution in [0.15, 0.2) is 54.6 Å². The van der Waals surface area contributed by atoms with Gasteiger partial charge in [0.25, 0.3) is 0 Å². The van der Waals surface area contributed by atoms with E-state index in [1.54, 1.807) is 48.5 Å². The maximum absolute atomic E-state index is 14.1. The number of carbonyl (C=O) groups excluding carboxylic acids is 1. The molecule has 0 saturated carbocycles. The largest absolute Gasteiger partial charge is 0.497 e. The van der Waals surface area contributed by atoms with Gasteiger partial charge in [0.15, 0.2) is 5.78 Å². The van der Waals surface area contributed by atoms with Crippen LogP contribution in [0, 0.1) is 5.82 Å². The van der Waals surface area contributed by atoms with E-state index in [-0.39, 0.29) is 5.78 Å². The average molecular weight is 337 g/mol. The predicted molar refractivity (Wildman–Crippen MR) is 94.8 cm³/mol. The molecule has 1 heterocycles. The number of ketones is 1. The van der Waals surface area contributed by atoms with Crippen LogP contribution < -0.4 is 10.5 Å². The highest BCUT2D eigenvalue weighted by molar-refractivity contribution is 6.06. The molecule has 0 aliphatic carbocycles. The second-order valence-electron chi connectivity index (χ2n) is 5.37. The average Bonchev–Trinajstić information content (AvgIpc) is 3.08. The number of methoxy groups -OCH3 is 1. The van der Waals surface area contributed by atoms with Gasteiger partial charge in [0.05, 0.1) is 18.5 Å². The van der Waals surface area contributed by atoms with Crippen molar-refractivity contribution in [3.63, 3.8) is 0 Å². The van der Waals surface area contributed by atoms with Gasteiger partial charge in [-0.2, -0.15) is 5.10 Å². The monoisotopic (exact) mass is 337 g/mol. The lowest BCUT2D eigenvalue weighted by molar-refractivity contribution is 0.104. The van der Waals surface area contributed by atoms with Crippen molar-refractivity contribution in [2.45, 2.75) is 0 Å². The number of ether oxygens (including phenoxy) is 1. The number of halogens is 1. The molecule has 0 aliphatic rings. The number of hydrogen-bond acceptors (Lipinski definition) is 4. The van der Waals surface area contributed by atoms with Crippen molar-refractivity contribution in [1.82, 2.24) is 10.2 Å². The summed E-state index contributed by atoms with van der Waals surface area (Å²) in [6, 6.07) is 12.9. The van der Waals surface area contributed by atoms with Gasteiger partial charge in [-0.25, -0.2) is 4.39 Å². The summed E-state index contributed by atoms with van der Waals surface area (Å²) in [5, 5.41) is 6.85. The summed E-state index contributed by atoms with van der Waals surface area (Å²) in [5.74, 6) is -0.155. The van der Waals surface area contributed by atoms with Gasteiger partial charge in [-0.05, 0) is 54.6 Å². The molecule has 1 aromatic heterocycles. The Bertz CT molecular complexity index is 930.